The third-order valence-electron chi connectivity index (χ3n) is 7.00. The SMILES string of the molecule is CCOC(=O)N1CCN(C(=O)[C@H](CCC(=O)O)NC(=O)c2cc(OCC(=O)N3CCCC3=O)c3ccccc3n2)CC1. The van der Waals surface area contributed by atoms with Crippen molar-refractivity contribution in [3.8, 4) is 5.75 Å². The Morgan fingerprint density at radius 1 is 1.05 bits per heavy atom. The molecule has 3 heterocycles. The first kappa shape index (κ1) is 30.2. The zero-order chi connectivity index (χ0) is 30.2. The highest BCUT2D eigenvalue weighted by atomic mass is 16.6. The average molecular weight is 584 g/mol. The van der Waals surface area contributed by atoms with Crippen molar-refractivity contribution in [1.82, 2.24) is 25.0 Å². The summed E-state index contributed by atoms with van der Waals surface area (Å²) < 4.78 is 10.7. The number of aromatic nitrogens is 1. The number of nitrogens with one attached hydrogen (secondary N) is 1. The number of nitrogens with zero attached hydrogens (tertiary/aromatic N) is 4. The van der Waals surface area contributed by atoms with Crippen LogP contribution in [0.3, 0.4) is 0 Å². The highest BCUT2D eigenvalue weighted by molar-refractivity contribution is 6.00. The number of para-hydroxylation sites is 1. The van der Waals surface area contributed by atoms with E-state index in [-0.39, 0.29) is 63.0 Å². The Bertz CT molecular complexity index is 1370. The quantitative estimate of drug-likeness (QED) is 0.411. The molecule has 5 amide bonds. The molecule has 14 heteroatoms. The molecule has 0 bridgehead atoms. The van der Waals surface area contributed by atoms with Crippen LogP contribution in [0.4, 0.5) is 4.79 Å². The van der Waals surface area contributed by atoms with Gasteiger partial charge in [-0.25, -0.2) is 9.78 Å². The molecule has 0 aliphatic carbocycles. The molecule has 224 valence electrons. The Balaban J connectivity index is 1.49. The van der Waals surface area contributed by atoms with Gasteiger partial charge in [0.15, 0.2) is 6.61 Å². The zero-order valence-electron chi connectivity index (χ0n) is 23.2. The van der Waals surface area contributed by atoms with E-state index in [1.165, 1.54) is 15.9 Å². The maximum Gasteiger partial charge on any atom is 0.409 e. The molecule has 0 spiro atoms. The summed E-state index contributed by atoms with van der Waals surface area (Å²) in [5, 5.41) is 12.4. The summed E-state index contributed by atoms with van der Waals surface area (Å²) >= 11 is 0. The summed E-state index contributed by atoms with van der Waals surface area (Å²) in [5.74, 6) is -2.91. The van der Waals surface area contributed by atoms with Gasteiger partial charge in [-0.05, 0) is 31.9 Å². The summed E-state index contributed by atoms with van der Waals surface area (Å²) in [4.78, 5) is 82.9. The highest BCUT2D eigenvalue weighted by Crippen LogP contribution is 2.26. The van der Waals surface area contributed by atoms with Gasteiger partial charge in [0.2, 0.25) is 11.8 Å². The number of ether oxygens (including phenoxy) is 2. The molecular weight excluding hydrogens is 550 g/mol. The number of aliphatic carboxylic acids is 1. The molecule has 2 aromatic rings. The predicted octanol–water partition coefficient (Wildman–Crippen LogP) is 1.03. The normalized spacial score (nSPS) is 15.8. The highest BCUT2D eigenvalue weighted by Gasteiger charge is 2.32. The molecule has 2 fully saturated rings. The van der Waals surface area contributed by atoms with Crippen molar-refractivity contribution < 1.29 is 43.3 Å². The number of carboxylic acid groups (broad SMARTS) is 1. The van der Waals surface area contributed by atoms with Crippen LogP contribution in [0.15, 0.2) is 30.3 Å². The van der Waals surface area contributed by atoms with E-state index in [2.05, 4.69) is 10.3 Å². The summed E-state index contributed by atoms with van der Waals surface area (Å²) in [6.07, 6.45) is -0.106. The van der Waals surface area contributed by atoms with Crippen molar-refractivity contribution in [2.45, 2.75) is 38.6 Å². The van der Waals surface area contributed by atoms with Crippen LogP contribution in [0.5, 0.6) is 5.75 Å². The summed E-state index contributed by atoms with van der Waals surface area (Å²) in [6, 6.07) is 6.99. The molecule has 0 unspecified atom stereocenters. The van der Waals surface area contributed by atoms with Crippen LogP contribution >= 0.6 is 0 Å². The number of imide groups is 1. The van der Waals surface area contributed by atoms with Crippen LogP contribution in [-0.4, -0.2) is 112 Å². The van der Waals surface area contributed by atoms with Crippen LogP contribution in [0.2, 0.25) is 0 Å². The fraction of sp³-hybridized carbons (Fsp3) is 0.464. The zero-order valence-corrected chi connectivity index (χ0v) is 23.2. The van der Waals surface area contributed by atoms with E-state index in [1.54, 1.807) is 31.2 Å². The van der Waals surface area contributed by atoms with Crippen LogP contribution in [0.1, 0.15) is 43.1 Å². The van der Waals surface area contributed by atoms with Gasteiger partial charge in [0.25, 0.3) is 11.8 Å². The Kier molecular flexibility index (Phi) is 9.89. The largest absolute Gasteiger partial charge is 0.483 e. The maximum absolute atomic E-state index is 13.4. The summed E-state index contributed by atoms with van der Waals surface area (Å²) in [5.41, 5.74) is 0.294. The Hall–Kier alpha value is -4.75. The van der Waals surface area contributed by atoms with Crippen LogP contribution < -0.4 is 10.1 Å². The van der Waals surface area contributed by atoms with E-state index in [0.29, 0.717) is 30.3 Å². The molecule has 2 N–H and O–H groups in total. The van der Waals surface area contributed by atoms with E-state index in [4.69, 9.17) is 9.47 Å². The fourth-order valence-electron chi connectivity index (χ4n) is 4.81. The molecule has 4 rings (SSSR count). The molecule has 14 nitrogen and oxygen atoms in total. The lowest BCUT2D eigenvalue weighted by molar-refractivity contribution is -0.143. The van der Waals surface area contributed by atoms with Crippen LogP contribution in [-0.2, 0) is 23.9 Å². The van der Waals surface area contributed by atoms with Crippen molar-refractivity contribution >= 4 is 46.6 Å². The van der Waals surface area contributed by atoms with Crippen molar-refractivity contribution in [2.24, 2.45) is 0 Å². The van der Waals surface area contributed by atoms with Crippen molar-refractivity contribution in [3.63, 3.8) is 0 Å². The summed E-state index contributed by atoms with van der Waals surface area (Å²) in [7, 11) is 0. The molecule has 1 aromatic carbocycles. The minimum absolute atomic E-state index is 0.103. The van der Waals surface area contributed by atoms with Gasteiger partial charge in [0.05, 0.1) is 12.1 Å². The predicted molar refractivity (Wildman–Crippen MR) is 146 cm³/mol. The molecule has 2 aliphatic rings. The lowest BCUT2D eigenvalue weighted by Gasteiger charge is -2.35. The summed E-state index contributed by atoms with van der Waals surface area (Å²) in [6.45, 7) is 2.69. The minimum Gasteiger partial charge on any atom is -0.483 e. The Labute approximate surface area is 241 Å². The van der Waals surface area contributed by atoms with E-state index in [9.17, 15) is 33.9 Å². The molecule has 2 aliphatic heterocycles. The number of amides is 5. The first-order valence-electron chi connectivity index (χ1n) is 13.8. The van der Waals surface area contributed by atoms with E-state index in [1.807, 2.05) is 0 Å². The van der Waals surface area contributed by atoms with Gasteiger partial charge < -0.3 is 29.7 Å². The van der Waals surface area contributed by atoms with Crippen molar-refractivity contribution in [3.05, 3.63) is 36.0 Å². The monoisotopic (exact) mass is 583 g/mol. The van der Waals surface area contributed by atoms with E-state index >= 15 is 0 Å². The maximum atomic E-state index is 13.4. The first-order chi connectivity index (χ1) is 20.2. The number of piperazine rings is 1. The number of pyridine rings is 1. The van der Waals surface area contributed by atoms with E-state index in [0.717, 1.165) is 4.90 Å². The van der Waals surface area contributed by atoms with Gasteiger partial charge >= 0.3 is 12.1 Å². The van der Waals surface area contributed by atoms with Gasteiger partial charge in [0.1, 0.15) is 17.5 Å². The topological polar surface area (TPSA) is 176 Å². The number of benzene rings is 1. The molecule has 2 saturated heterocycles. The van der Waals surface area contributed by atoms with Crippen LogP contribution in [0.25, 0.3) is 10.9 Å². The third kappa shape index (κ3) is 7.30. The molecular formula is C28H33N5O9. The number of carboxylic acids is 1. The Morgan fingerprint density at radius 2 is 1.76 bits per heavy atom. The molecule has 0 radical (unpaired) electrons. The standard InChI is InChI=1S/C28H33N5O9/c1-2-41-28(40)32-14-12-31(13-15-32)27(39)20(9-10-25(36)37)30-26(38)21-16-22(18-6-3-4-7-19(18)29-21)42-17-24(35)33-11-5-8-23(33)34/h3-4,6-7,16,20H,2,5,8-15,17H2,1H3,(H,30,38)(H,36,37)/t20-/m0/s1. The van der Waals surface area contributed by atoms with E-state index < -0.39 is 42.4 Å². The van der Waals surface area contributed by atoms with Crippen molar-refractivity contribution in [1.29, 1.82) is 0 Å². The third-order valence-corrected chi connectivity index (χ3v) is 7.00. The number of carbonyl (C=O) groups excluding carboxylic acids is 5. The van der Waals surface area contributed by atoms with Gasteiger partial charge in [-0.1, -0.05) is 12.1 Å². The fourth-order valence-corrected chi connectivity index (χ4v) is 4.81. The lowest BCUT2D eigenvalue weighted by atomic mass is 10.1. The smallest absolute Gasteiger partial charge is 0.409 e. The average Bonchev–Trinajstić information content (AvgIpc) is 3.43. The second-order valence-corrected chi connectivity index (χ2v) is 9.82. The number of fused-ring (bicyclic) bond motifs is 1. The molecule has 42 heavy (non-hydrogen) atoms. The first-order valence-corrected chi connectivity index (χ1v) is 13.8. The van der Waals surface area contributed by atoms with Gasteiger partial charge in [-0.3, -0.25) is 28.9 Å². The lowest BCUT2D eigenvalue weighted by Crippen LogP contribution is -2.56. The molecule has 1 aromatic heterocycles. The van der Waals surface area contributed by atoms with Gasteiger partial charge in [-0.2, -0.15) is 0 Å². The number of carbonyl (C=O) groups is 6. The number of hydrogen-bond donors (Lipinski definition) is 2. The molecule has 0 saturated carbocycles. The number of likely N-dealkylation sites (tertiary alicyclic amines) is 1. The number of rotatable bonds is 10. The second kappa shape index (κ2) is 13.7. The Morgan fingerprint density at radius 3 is 2.43 bits per heavy atom. The minimum atomic E-state index is -1.16. The van der Waals surface area contributed by atoms with Gasteiger partial charge in [-0.15, -0.1) is 0 Å². The van der Waals surface area contributed by atoms with Crippen molar-refractivity contribution in [2.75, 3.05) is 45.9 Å². The van der Waals surface area contributed by atoms with Gasteiger partial charge in [0, 0.05) is 57.0 Å². The van der Waals surface area contributed by atoms with Crippen LogP contribution in [0, 0.1) is 0 Å². The second-order valence-electron chi connectivity index (χ2n) is 9.82. The number of hydrogen-bond acceptors (Lipinski definition) is 9. The molecule has 1 atom stereocenters.